The van der Waals surface area contributed by atoms with E-state index < -0.39 is 15.9 Å². The zero-order valence-corrected chi connectivity index (χ0v) is 19.7. The Labute approximate surface area is 198 Å². The van der Waals surface area contributed by atoms with Crippen LogP contribution in [-0.2, 0) is 21.2 Å². The van der Waals surface area contributed by atoms with Crippen molar-refractivity contribution in [1.82, 2.24) is 0 Å². The number of ether oxygens (including phenoxy) is 1. The molecule has 1 amide bonds. The number of benzene rings is 2. The first-order valence-electron chi connectivity index (χ1n) is 11.0. The van der Waals surface area contributed by atoms with Gasteiger partial charge in [-0.15, -0.1) is 6.58 Å². The molecule has 0 aliphatic heterocycles. The molecule has 1 aliphatic carbocycles. The Bertz CT molecular complexity index is 1330. The Morgan fingerprint density at radius 2 is 2.00 bits per heavy atom. The SMILES string of the molecule is C=CCOCCN(c1cc2oc(Cc3ccc(F)cc3)c(C(N)=O)c2cc1C1CC1)S(C)(=O)=O. The van der Waals surface area contributed by atoms with Crippen LogP contribution in [0, 0.1) is 5.82 Å². The van der Waals surface area contributed by atoms with E-state index in [1.165, 1.54) is 16.4 Å². The minimum absolute atomic E-state index is 0.129. The smallest absolute Gasteiger partial charge is 0.252 e. The van der Waals surface area contributed by atoms with Crippen molar-refractivity contribution in [3.8, 4) is 0 Å². The van der Waals surface area contributed by atoms with E-state index in [0.717, 1.165) is 30.2 Å². The maximum absolute atomic E-state index is 13.3. The topological polar surface area (TPSA) is 103 Å². The molecule has 0 spiro atoms. The van der Waals surface area contributed by atoms with Gasteiger partial charge in [0.05, 0.1) is 37.3 Å². The van der Waals surface area contributed by atoms with Gasteiger partial charge >= 0.3 is 0 Å². The predicted molar refractivity (Wildman–Crippen MR) is 129 cm³/mol. The van der Waals surface area contributed by atoms with Crippen LogP contribution in [0.15, 0.2) is 53.5 Å². The fourth-order valence-corrected chi connectivity index (χ4v) is 5.02. The van der Waals surface area contributed by atoms with Gasteiger partial charge in [0.25, 0.3) is 5.91 Å². The average Bonchev–Trinajstić information content (AvgIpc) is 3.55. The normalized spacial score (nSPS) is 13.8. The number of hydrogen-bond donors (Lipinski definition) is 1. The number of halogens is 1. The molecule has 1 aliphatic rings. The Morgan fingerprint density at radius 3 is 2.59 bits per heavy atom. The van der Waals surface area contributed by atoms with Gasteiger partial charge in [-0.05, 0) is 48.1 Å². The second-order valence-corrected chi connectivity index (χ2v) is 10.4. The Morgan fingerprint density at radius 1 is 1.29 bits per heavy atom. The number of amides is 1. The number of nitrogens with zero attached hydrogens (tertiary/aromatic N) is 1. The van der Waals surface area contributed by atoms with Crippen molar-refractivity contribution in [3.05, 3.63) is 77.3 Å². The summed E-state index contributed by atoms with van der Waals surface area (Å²) >= 11 is 0. The zero-order chi connectivity index (χ0) is 24.5. The molecule has 0 saturated heterocycles. The van der Waals surface area contributed by atoms with Crippen LogP contribution in [0.3, 0.4) is 0 Å². The summed E-state index contributed by atoms with van der Waals surface area (Å²) < 4.78 is 51.5. The number of rotatable bonds is 11. The monoisotopic (exact) mass is 486 g/mol. The van der Waals surface area contributed by atoms with Gasteiger partial charge < -0.3 is 14.9 Å². The van der Waals surface area contributed by atoms with Gasteiger partial charge in [0.15, 0.2) is 0 Å². The van der Waals surface area contributed by atoms with Gasteiger partial charge in [0.1, 0.15) is 17.2 Å². The summed E-state index contributed by atoms with van der Waals surface area (Å²) in [6.45, 7) is 4.24. The molecule has 7 nitrogen and oxygen atoms in total. The highest BCUT2D eigenvalue weighted by Crippen LogP contribution is 2.47. The van der Waals surface area contributed by atoms with Gasteiger partial charge in [0.2, 0.25) is 10.0 Å². The first-order valence-corrected chi connectivity index (χ1v) is 12.8. The fraction of sp³-hybridized carbons (Fsp3) is 0.320. The lowest BCUT2D eigenvalue weighted by Crippen LogP contribution is -2.34. The molecule has 0 radical (unpaired) electrons. The van der Waals surface area contributed by atoms with E-state index in [-0.39, 0.29) is 36.9 Å². The van der Waals surface area contributed by atoms with E-state index in [1.807, 2.05) is 6.07 Å². The zero-order valence-electron chi connectivity index (χ0n) is 18.9. The molecule has 0 unspecified atom stereocenters. The molecule has 180 valence electrons. The van der Waals surface area contributed by atoms with E-state index >= 15 is 0 Å². The van der Waals surface area contributed by atoms with Gasteiger partial charge in [0, 0.05) is 17.9 Å². The van der Waals surface area contributed by atoms with Crippen molar-refractivity contribution in [2.24, 2.45) is 5.73 Å². The van der Waals surface area contributed by atoms with Crippen LogP contribution in [0.1, 0.15) is 46.0 Å². The average molecular weight is 487 g/mol. The van der Waals surface area contributed by atoms with Crippen LogP contribution in [0.4, 0.5) is 10.1 Å². The second-order valence-electron chi connectivity index (χ2n) is 8.45. The number of carbonyl (C=O) groups is 1. The lowest BCUT2D eigenvalue weighted by Gasteiger charge is -2.25. The molecule has 2 aromatic carbocycles. The van der Waals surface area contributed by atoms with E-state index in [0.29, 0.717) is 29.0 Å². The summed E-state index contributed by atoms with van der Waals surface area (Å²) in [6, 6.07) is 9.39. The third-order valence-electron chi connectivity index (χ3n) is 5.80. The van der Waals surface area contributed by atoms with Gasteiger partial charge in [-0.3, -0.25) is 9.10 Å². The third kappa shape index (κ3) is 5.15. The molecule has 2 N–H and O–H groups in total. The number of hydrogen-bond acceptors (Lipinski definition) is 5. The van der Waals surface area contributed by atoms with Gasteiger partial charge in [-0.25, -0.2) is 12.8 Å². The summed E-state index contributed by atoms with van der Waals surface area (Å²) in [5, 5.41) is 0.548. The molecule has 3 aromatic rings. The summed E-state index contributed by atoms with van der Waals surface area (Å²) in [4.78, 5) is 12.4. The van der Waals surface area contributed by atoms with E-state index in [1.54, 1.807) is 24.3 Å². The lowest BCUT2D eigenvalue weighted by molar-refractivity contribution is 0.1000. The van der Waals surface area contributed by atoms with Crippen LogP contribution in [0.25, 0.3) is 11.0 Å². The highest BCUT2D eigenvalue weighted by atomic mass is 32.2. The van der Waals surface area contributed by atoms with Crippen molar-refractivity contribution < 1.29 is 26.8 Å². The summed E-state index contributed by atoms with van der Waals surface area (Å²) in [7, 11) is -3.62. The van der Waals surface area contributed by atoms with Crippen molar-refractivity contribution in [2.75, 3.05) is 30.3 Å². The quantitative estimate of drug-likeness (QED) is 0.325. The molecule has 1 aromatic heterocycles. The minimum atomic E-state index is -3.62. The van der Waals surface area contributed by atoms with E-state index in [4.69, 9.17) is 14.9 Å². The van der Waals surface area contributed by atoms with Gasteiger partial charge in [-0.2, -0.15) is 0 Å². The van der Waals surface area contributed by atoms with Gasteiger partial charge in [-0.1, -0.05) is 18.2 Å². The lowest BCUT2D eigenvalue weighted by atomic mass is 10.0. The predicted octanol–water partition coefficient (Wildman–Crippen LogP) is 4.11. The van der Waals surface area contributed by atoms with Crippen LogP contribution in [-0.4, -0.2) is 40.3 Å². The summed E-state index contributed by atoms with van der Waals surface area (Å²) in [5.74, 6) is -0.453. The van der Waals surface area contributed by atoms with Crippen LogP contribution >= 0.6 is 0 Å². The number of anilines is 1. The molecular formula is C25H27FN2O5S. The molecule has 1 heterocycles. The van der Waals surface area contributed by atoms with Crippen molar-refractivity contribution in [2.45, 2.75) is 25.2 Å². The maximum atomic E-state index is 13.3. The van der Waals surface area contributed by atoms with E-state index in [9.17, 15) is 17.6 Å². The molecule has 34 heavy (non-hydrogen) atoms. The number of furan rings is 1. The van der Waals surface area contributed by atoms with Crippen LogP contribution < -0.4 is 10.0 Å². The molecule has 1 fully saturated rings. The molecule has 1 saturated carbocycles. The molecule has 9 heteroatoms. The first-order chi connectivity index (χ1) is 16.2. The largest absolute Gasteiger partial charge is 0.460 e. The molecule has 4 rings (SSSR count). The molecule has 0 bridgehead atoms. The number of fused-ring (bicyclic) bond motifs is 1. The number of carbonyl (C=O) groups excluding carboxylic acids is 1. The summed E-state index contributed by atoms with van der Waals surface area (Å²) in [5.41, 5.74) is 8.44. The Hall–Kier alpha value is -3.17. The van der Waals surface area contributed by atoms with Crippen molar-refractivity contribution in [1.29, 1.82) is 0 Å². The Kier molecular flexibility index (Phi) is 6.77. The number of sulfonamides is 1. The fourth-order valence-electron chi connectivity index (χ4n) is 4.10. The third-order valence-corrected chi connectivity index (χ3v) is 6.98. The standard InChI is InChI=1S/C25H27FN2O5S/c1-3-11-32-12-10-28(34(2,30)31)21-15-22-20(14-19(21)17-6-7-17)24(25(27)29)23(33-22)13-16-4-8-18(26)9-5-16/h3-5,8-9,14-15,17H,1,6-7,10-13H2,2H3,(H2,27,29). The minimum Gasteiger partial charge on any atom is -0.460 e. The van der Waals surface area contributed by atoms with Crippen LogP contribution in [0.2, 0.25) is 0 Å². The van der Waals surface area contributed by atoms with Crippen molar-refractivity contribution >= 4 is 32.6 Å². The molecular weight excluding hydrogens is 459 g/mol. The van der Waals surface area contributed by atoms with E-state index in [2.05, 4.69) is 6.58 Å². The Balaban J connectivity index is 1.81. The highest BCUT2D eigenvalue weighted by molar-refractivity contribution is 7.92. The van der Waals surface area contributed by atoms with Crippen LogP contribution in [0.5, 0.6) is 0 Å². The maximum Gasteiger partial charge on any atom is 0.252 e. The number of nitrogens with two attached hydrogens (primary N) is 1. The van der Waals surface area contributed by atoms with Crippen molar-refractivity contribution in [3.63, 3.8) is 0 Å². The molecule has 0 atom stereocenters. The second kappa shape index (κ2) is 9.60. The number of primary amides is 1. The summed E-state index contributed by atoms with van der Waals surface area (Å²) in [6.07, 6.45) is 4.85. The highest BCUT2D eigenvalue weighted by Gasteiger charge is 2.32. The first kappa shape index (κ1) is 24.0.